The predicted molar refractivity (Wildman–Crippen MR) is 64.6 cm³/mol. The van der Waals surface area contributed by atoms with Crippen LogP contribution < -0.4 is 0 Å². The van der Waals surface area contributed by atoms with Crippen LogP contribution in [0, 0.1) is 0 Å². The van der Waals surface area contributed by atoms with Crippen LogP contribution in [0.15, 0.2) is 30.8 Å². The summed E-state index contributed by atoms with van der Waals surface area (Å²) in [6.07, 6.45) is 0. The van der Waals surface area contributed by atoms with Crippen molar-refractivity contribution in [1.82, 2.24) is 0 Å². The van der Waals surface area contributed by atoms with Gasteiger partial charge in [-0.2, -0.15) is 0 Å². The molecule has 0 saturated heterocycles. The van der Waals surface area contributed by atoms with E-state index in [0.29, 0.717) is 0 Å². The first-order valence-electron chi connectivity index (χ1n) is 4.86. The number of allylic oxidation sites excluding steroid dienone is 1. The lowest BCUT2D eigenvalue weighted by Crippen LogP contribution is -2.28. The highest BCUT2D eigenvalue weighted by molar-refractivity contribution is 6.69. The van der Waals surface area contributed by atoms with E-state index in [4.69, 9.17) is 0 Å². The molecule has 76 valence electrons. The zero-order valence-electron chi connectivity index (χ0n) is 9.17. The first kappa shape index (κ1) is 11.2. The molecule has 1 aromatic carbocycles. The zero-order chi connectivity index (χ0) is 10.8. The Balaban J connectivity index is 2.79. The van der Waals surface area contributed by atoms with Crippen molar-refractivity contribution in [3.05, 3.63) is 42.0 Å². The van der Waals surface area contributed by atoms with E-state index in [1.165, 1.54) is 11.1 Å². The molecule has 0 fully saturated rings. The first-order chi connectivity index (χ1) is 6.38. The third-order valence-electron chi connectivity index (χ3n) is 2.08. The molecule has 0 heterocycles. The van der Waals surface area contributed by atoms with Gasteiger partial charge in [0.25, 0.3) is 0 Å². The van der Waals surface area contributed by atoms with Crippen molar-refractivity contribution in [2.75, 3.05) is 0 Å². The van der Waals surface area contributed by atoms with E-state index >= 15 is 0 Å². The Morgan fingerprint density at radius 1 is 1.29 bits per heavy atom. The van der Waals surface area contributed by atoms with Crippen LogP contribution in [-0.4, -0.2) is 13.1 Å². The van der Waals surface area contributed by atoms with Crippen LogP contribution in [-0.2, 0) is 6.04 Å². The molecule has 0 unspecified atom stereocenters. The third-order valence-corrected chi connectivity index (χ3v) is 3.36. The molecule has 0 atom stereocenters. The molecule has 14 heavy (non-hydrogen) atoms. The van der Waals surface area contributed by atoms with E-state index in [1.807, 2.05) is 20.0 Å². The van der Waals surface area contributed by atoms with E-state index < -0.39 is 8.32 Å². The van der Waals surface area contributed by atoms with Crippen molar-refractivity contribution >= 4 is 13.9 Å². The van der Waals surface area contributed by atoms with Crippen LogP contribution in [0.2, 0.25) is 13.1 Å². The molecule has 0 aliphatic rings. The van der Waals surface area contributed by atoms with Crippen LogP contribution in [0.4, 0.5) is 0 Å². The fraction of sp³-hybridized carbons (Fsp3) is 0.333. The van der Waals surface area contributed by atoms with Crippen LogP contribution in [0.5, 0.6) is 0 Å². The van der Waals surface area contributed by atoms with Crippen LogP contribution in [0.1, 0.15) is 18.1 Å². The summed E-state index contributed by atoms with van der Waals surface area (Å²) >= 11 is 0. The maximum absolute atomic E-state index is 9.77. The van der Waals surface area contributed by atoms with Crippen molar-refractivity contribution in [2.24, 2.45) is 0 Å². The van der Waals surface area contributed by atoms with Crippen LogP contribution in [0.3, 0.4) is 0 Å². The van der Waals surface area contributed by atoms with Gasteiger partial charge in [-0.05, 0) is 37.2 Å². The summed E-state index contributed by atoms with van der Waals surface area (Å²) < 4.78 is 0. The molecule has 0 aliphatic heterocycles. The van der Waals surface area contributed by atoms with Crippen LogP contribution >= 0.6 is 0 Å². The van der Waals surface area contributed by atoms with Gasteiger partial charge in [-0.3, -0.25) is 0 Å². The number of hydrogen-bond donors (Lipinski definition) is 1. The summed E-state index contributed by atoms with van der Waals surface area (Å²) in [5.41, 5.74) is 3.47. The summed E-state index contributed by atoms with van der Waals surface area (Å²) in [7, 11) is -1.97. The minimum atomic E-state index is -1.97. The lowest BCUT2D eigenvalue weighted by atomic mass is 10.1. The largest absolute Gasteiger partial charge is 0.432 e. The van der Waals surface area contributed by atoms with Crippen LogP contribution in [0.25, 0.3) is 5.57 Å². The zero-order valence-corrected chi connectivity index (χ0v) is 10.2. The Hall–Kier alpha value is -0.863. The minimum Gasteiger partial charge on any atom is -0.432 e. The molecule has 0 saturated carbocycles. The van der Waals surface area contributed by atoms with E-state index in [0.717, 1.165) is 11.6 Å². The topological polar surface area (TPSA) is 20.2 Å². The highest BCUT2D eigenvalue weighted by atomic mass is 28.4. The Morgan fingerprint density at radius 2 is 1.79 bits per heavy atom. The monoisotopic (exact) mass is 206 g/mol. The maximum Gasteiger partial charge on any atom is 0.186 e. The van der Waals surface area contributed by atoms with E-state index in [-0.39, 0.29) is 0 Å². The molecule has 0 aliphatic carbocycles. The highest BCUT2D eigenvalue weighted by Gasteiger charge is 2.16. The molecule has 1 aromatic rings. The second kappa shape index (κ2) is 4.11. The summed E-state index contributed by atoms with van der Waals surface area (Å²) in [6, 6.07) is 9.11. The molecular formula is C12H18OSi. The van der Waals surface area contributed by atoms with Crippen molar-refractivity contribution < 1.29 is 4.80 Å². The molecule has 0 spiro atoms. The minimum absolute atomic E-state index is 0.823. The summed E-state index contributed by atoms with van der Waals surface area (Å²) in [5, 5.41) is 0. The van der Waals surface area contributed by atoms with Gasteiger partial charge in [0, 0.05) is 0 Å². The van der Waals surface area contributed by atoms with Crippen molar-refractivity contribution in [1.29, 1.82) is 0 Å². The van der Waals surface area contributed by atoms with Crippen molar-refractivity contribution in [3.8, 4) is 0 Å². The molecule has 2 heteroatoms. The molecule has 0 aromatic heterocycles. The van der Waals surface area contributed by atoms with Crippen molar-refractivity contribution in [2.45, 2.75) is 26.1 Å². The average Bonchev–Trinajstić information content (AvgIpc) is 2.02. The number of benzene rings is 1. The van der Waals surface area contributed by atoms with Gasteiger partial charge in [0.15, 0.2) is 8.32 Å². The van der Waals surface area contributed by atoms with Gasteiger partial charge < -0.3 is 4.80 Å². The molecule has 1 N–H and O–H groups in total. The lowest BCUT2D eigenvalue weighted by molar-refractivity contribution is 0.548. The van der Waals surface area contributed by atoms with Gasteiger partial charge >= 0.3 is 0 Å². The van der Waals surface area contributed by atoms with Gasteiger partial charge in [0.1, 0.15) is 0 Å². The average molecular weight is 206 g/mol. The van der Waals surface area contributed by atoms with Gasteiger partial charge in [-0.1, -0.05) is 36.4 Å². The molecule has 0 amide bonds. The highest BCUT2D eigenvalue weighted by Crippen LogP contribution is 2.14. The van der Waals surface area contributed by atoms with E-state index in [1.54, 1.807) is 0 Å². The predicted octanol–water partition coefficient (Wildman–Crippen LogP) is 3.00. The Labute approximate surface area is 87.2 Å². The fourth-order valence-electron chi connectivity index (χ4n) is 1.41. The van der Waals surface area contributed by atoms with Gasteiger partial charge in [-0.15, -0.1) is 0 Å². The second-order valence-electron chi connectivity index (χ2n) is 4.47. The molecule has 1 nitrogen and oxygen atoms in total. The van der Waals surface area contributed by atoms with Gasteiger partial charge in [0.2, 0.25) is 0 Å². The third kappa shape index (κ3) is 3.48. The Kier molecular flexibility index (Phi) is 3.29. The molecule has 0 radical (unpaired) electrons. The van der Waals surface area contributed by atoms with Gasteiger partial charge in [-0.25, -0.2) is 0 Å². The summed E-state index contributed by atoms with van der Waals surface area (Å²) in [6.45, 7) is 9.80. The first-order valence-corrected chi connectivity index (χ1v) is 8.01. The molecular weight excluding hydrogens is 188 g/mol. The summed E-state index contributed by atoms with van der Waals surface area (Å²) in [4.78, 5) is 9.77. The molecule has 0 bridgehead atoms. The van der Waals surface area contributed by atoms with E-state index in [2.05, 4.69) is 30.8 Å². The fourth-order valence-corrected chi connectivity index (χ4v) is 2.64. The van der Waals surface area contributed by atoms with E-state index in [9.17, 15) is 4.80 Å². The number of rotatable bonds is 3. The van der Waals surface area contributed by atoms with Crippen molar-refractivity contribution in [3.63, 3.8) is 0 Å². The standard InChI is InChI=1S/C12H18OSi/c1-10(2)12-7-5-11(6-8-12)9-14(3,4)13/h5-8,13H,1,9H2,2-4H3. The smallest absolute Gasteiger partial charge is 0.186 e. The normalized spacial score (nSPS) is 11.4. The SMILES string of the molecule is C=C(C)c1ccc(C[Si](C)(C)O)cc1. The summed E-state index contributed by atoms with van der Waals surface area (Å²) in [5.74, 6) is 0. The number of hydrogen-bond acceptors (Lipinski definition) is 1. The maximum atomic E-state index is 9.77. The Bertz CT molecular complexity index is 319. The lowest BCUT2D eigenvalue weighted by Gasteiger charge is -2.13. The molecule has 1 rings (SSSR count). The second-order valence-corrected chi connectivity index (χ2v) is 8.44. The Morgan fingerprint density at radius 3 is 2.14 bits per heavy atom. The quantitative estimate of drug-likeness (QED) is 0.754. The van der Waals surface area contributed by atoms with Gasteiger partial charge in [0.05, 0.1) is 0 Å².